The van der Waals surface area contributed by atoms with Crippen molar-refractivity contribution in [2.45, 2.75) is 23.8 Å². The van der Waals surface area contributed by atoms with Gasteiger partial charge in [-0.3, -0.25) is 4.79 Å². The number of amides is 1. The number of hydrazone groups is 1. The van der Waals surface area contributed by atoms with Gasteiger partial charge in [-0.05, 0) is 54.8 Å². The van der Waals surface area contributed by atoms with Crippen LogP contribution in [0.4, 0.5) is 0 Å². The average Bonchev–Trinajstić information content (AvgIpc) is 3.21. The molecule has 1 aliphatic heterocycles. The molecule has 0 saturated carbocycles. The molecule has 0 radical (unpaired) electrons. The summed E-state index contributed by atoms with van der Waals surface area (Å²) in [6.07, 6.45) is 2.26. The standard InChI is InChI=1S/C19H19Cl2N3O5S/c1-29-17-10-12(9-15(21)18(17)25)11-22-23-19(26)16-3-2-8-24(16)30(27,28)14-6-4-13(20)5-7-14/h4-7,9-11,16,25H,2-3,8H2,1H3,(H,23,26)/b22-11-/t16-/m0/s1. The van der Waals surface area contributed by atoms with Crippen LogP contribution in [0.25, 0.3) is 0 Å². The largest absolute Gasteiger partial charge is 0.503 e. The number of ether oxygens (including phenoxy) is 1. The molecule has 11 heteroatoms. The van der Waals surface area contributed by atoms with Crippen LogP contribution < -0.4 is 10.2 Å². The molecule has 3 rings (SSSR count). The minimum atomic E-state index is -3.85. The summed E-state index contributed by atoms with van der Waals surface area (Å²) in [6, 6.07) is 7.85. The molecule has 1 amide bonds. The summed E-state index contributed by atoms with van der Waals surface area (Å²) in [5, 5.41) is 14.1. The fourth-order valence-electron chi connectivity index (χ4n) is 3.10. The van der Waals surface area contributed by atoms with Crippen molar-refractivity contribution in [1.29, 1.82) is 0 Å². The summed E-state index contributed by atoms with van der Waals surface area (Å²) in [6.45, 7) is 0.234. The van der Waals surface area contributed by atoms with Crippen molar-refractivity contribution >= 4 is 45.3 Å². The zero-order chi connectivity index (χ0) is 21.9. The SMILES string of the molecule is COc1cc(/C=N\NC(=O)[C@@H]2CCCN2S(=O)(=O)c2ccc(Cl)cc2)cc(Cl)c1O. The Bertz CT molecular complexity index is 1070. The van der Waals surface area contributed by atoms with Gasteiger partial charge in [0.15, 0.2) is 11.5 Å². The van der Waals surface area contributed by atoms with Crippen LogP contribution in [-0.4, -0.2) is 49.6 Å². The number of sulfonamides is 1. The average molecular weight is 472 g/mol. The first-order chi connectivity index (χ1) is 14.2. The van der Waals surface area contributed by atoms with Crippen molar-refractivity contribution in [2.24, 2.45) is 5.10 Å². The molecular formula is C19H19Cl2N3O5S. The van der Waals surface area contributed by atoms with Crippen LogP contribution in [0.15, 0.2) is 46.4 Å². The zero-order valence-corrected chi connectivity index (χ0v) is 18.2. The fourth-order valence-corrected chi connectivity index (χ4v) is 5.10. The van der Waals surface area contributed by atoms with Crippen LogP contribution in [0, 0.1) is 0 Å². The number of carbonyl (C=O) groups excluding carboxylic acids is 1. The molecule has 2 N–H and O–H groups in total. The first-order valence-electron chi connectivity index (χ1n) is 8.91. The number of aromatic hydroxyl groups is 1. The van der Waals surface area contributed by atoms with Gasteiger partial charge in [0, 0.05) is 11.6 Å². The number of methoxy groups -OCH3 is 1. The van der Waals surface area contributed by atoms with E-state index in [1.807, 2.05) is 0 Å². The van der Waals surface area contributed by atoms with E-state index in [4.69, 9.17) is 27.9 Å². The molecule has 0 spiro atoms. The topological polar surface area (TPSA) is 108 Å². The van der Waals surface area contributed by atoms with E-state index in [0.29, 0.717) is 23.4 Å². The molecule has 1 atom stereocenters. The number of nitrogens with one attached hydrogen (secondary N) is 1. The van der Waals surface area contributed by atoms with Crippen LogP contribution in [0.5, 0.6) is 11.5 Å². The Labute approximate surface area is 184 Å². The lowest BCUT2D eigenvalue weighted by Gasteiger charge is -2.22. The number of phenolic OH excluding ortho intramolecular Hbond substituents is 1. The highest BCUT2D eigenvalue weighted by Gasteiger charge is 2.39. The maximum Gasteiger partial charge on any atom is 0.258 e. The van der Waals surface area contributed by atoms with Crippen LogP contribution >= 0.6 is 23.2 Å². The number of carbonyl (C=O) groups is 1. The maximum absolute atomic E-state index is 12.9. The van der Waals surface area contributed by atoms with E-state index in [1.165, 1.54) is 54.0 Å². The second kappa shape index (κ2) is 9.22. The minimum Gasteiger partial charge on any atom is -0.503 e. The van der Waals surface area contributed by atoms with Gasteiger partial charge in [-0.15, -0.1) is 0 Å². The summed E-state index contributed by atoms with van der Waals surface area (Å²) >= 11 is 11.7. The van der Waals surface area contributed by atoms with Crippen LogP contribution in [-0.2, 0) is 14.8 Å². The van der Waals surface area contributed by atoms with Crippen molar-refractivity contribution in [2.75, 3.05) is 13.7 Å². The first kappa shape index (κ1) is 22.4. The van der Waals surface area contributed by atoms with Crippen molar-refractivity contribution < 1.29 is 23.1 Å². The Hall–Kier alpha value is -2.33. The van der Waals surface area contributed by atoms with Gasteiger partial charge in [-0.25, -0.2) is 13.8 Å². The molecule has 1 heterocycles. The summed E-state index contributed by atoms with van der Waals surface area (Å²) in [7, 11) is -2.47. The van der Waals surface area contributed by atoms with Crippen LogP contribution in [0.1, 0.15) is 18.4 Å². The Morgan fingerprint density at radius 3 is 2.67 bits per heavy atom. The van der Waals surface area contributed by atoms with Crippen molar-refractivity contribution in [3.8, 4) is 11.5 Å². The summed E-state index contributed by atoms with van der Waals surface area (Å²) in [4.78, 5) is 12.6. The second-order valence-electron chi connectivity index (χ2n) is 6.52. The van der Waals surface area contributed by atoms with Crippen LogP contribution in [0.3, 0.4) is 0 Å². The van der Waals surface area contributed by atoms with Gasteiger partial charge in [-0.1, -0.05) is 23.2 Å². The van der Waals surface area contributed by atoms with Crippen molar-refractivity contribution in [3.05, 3.63) is 52.0 Å². The molecule has 30 heavy (non-hydrogen) atoms. The smallest absolute Gasteiger partial charge is 0.258 e. The molecule has 0 aromatic heterocycles. The minimum absolute atomic E-state index is 0.0677. The number of halogens is 2. The molecule has 2 aromatic carbocycles. The van der Waals surface area contributed by atoms with Crippen molar-refractivity contribution in [1.82, 2.24) is 9.73 Å². The molecule has 0 unspecified atom stereocenters. The second-order valence-corrected chi connectivity index (χ2v) is 9.25. The van der Waals surface area contributed by atoms with Gasteiger partial charge in [0.05, 0.1) is 23.2 Å². The van der Waals surface area contributed by atoms with Gasteiger partial charge in [0.25, 0.3) is 5.91 Å². The van der Waals surface area contributed by atoms with Gasteiger partial charge >= 0.3 is 0 Å². The monoisotopic (exact) mass is 471 g/mol. The number of benzene rings is 2. The predicted octanol–water partition coefficient (Wildman–Crippen LogP) is 3.01. The lowest BCUT2D eigenvalue weighted by Crippen LogP contribution is -2.44. The lowest BCUT2D eigenvalue weighted by molar-refractivity contribution is -0.124. The van der Waals surface area contributed by atoms with E-state index in [-0.39, 0.29) is 28.0 Å². The number of rotatable bonds is 6. The normalized spacial score (nSPS) is 17.4. The predicted molar refractivity (Wildman–Crippen MR) is 114 cm³/mol. The van der Waals surface area contributed by atoms with Gasteiger partial charge < -0.3 is 9.84 Å². The van der Waals surface area contributed by atoms with E-state index in [0.717, 1.165) is 0 Å². The van der Waals surface area contributed by atoms with E-state index < -0.39 is 22.0 Å². The van der Waals surface area contributed by atoms with E-state index >= 15 is 0 Å². The third-order valence-corrected chi connectivity index (χ3v) is 7.05. The molecule has 1 saturated heterocycles. The highest BCUT2D eigenvalue weighted by molar-refractivity contribution is 7.89. The highest BCUT2D eigenvalue weighted by Crippen LogP contribution is 2.34. The highest BCUT2D eigenvalue weighted by atomic mass is 35.5. The van der Waals surface area contributed by atoms with Crippen molar-refractivity contribution in [3.63, 3.8) is 0 Å². The first-order valence-corrected chi connectivity index (χ1v) is 11.1. The van der Waals surface area contributed by atoms with Gasteiger partial charge in [0.1, 0.15) is 6.04 Å². The Morgan fingerprint density at radius 2 is 2.00 bits per heavy atom. The number of hydrogen-bond donors (Lipinski definition) is 2. The molecule has 160 valence electrons. The van der Waals surface area contributed by atoms with E-state index in [1.54, 1.807) is 0 Å². The maximum atomic E-state index is 12.9. The summed E-state index contributed by atoms with van der Waals surface area (Å²) in [5.74, 6) is -0.584. The third kappa shape index (κ3) is 4.70. The molecule has 0 aliphatic carbocycles. The van der Waals surface area contributed by atoms with Gasteiger partial charge in [-0.2, -0.15) is 9.41 Å². The molecule has 8 nitrogen and oxygen atoms in total. The summed E-state index contributed by atoms with van der Waals surface area (Å²) < 4.78 is 32.0. The Kier molecular flexibility index (Phi) is 6.87. The van der Waals surface area contributed by atoms with E-state index in [2.05, 4.69) is 10.5 Å². The number of phenols is 1. The molecular weight excluding hydrogens is 453 g/mol. The molecule has 0 bridgehead atoms. The third-order valence-electron chi connectivity index (χ3n) is 4.59. The number of hydrogen-bond acceptors (Lipinski definition) is 6. The Morgan fingerprint density at radius 1 is 1.30 bits per heavy atom. The van der Waals surface area contributed by atoms with Crippen LogP contribution in [0.2, 0.25) is 10.0 Å². The summed E-state index contributed by atoms with van der Waals surface area (Å²) in [5.41, 5.74) is 2.84. The molecule has 1 aliphatic rings. The fraction of sp³-hybridized carbons (Fsp3) is 0.263. The quantitative estimate of drug-likeness (QED) is 0.497. The van der Waals surface area contributed by atoms with E-state index in [9.17, 15) is 18.3 Å². The molecule has 1 fully saturated rings. The Balaban J connectivity index is 1.73. The number of nitrogens with zero attached hydrogens (tertiary/aromatic N) is 2. The molecule has 2 aromatic rings. The zero-order valence-electron chi connectivity index (χ0n) is 15.9. The lowest BCUT2D eigenvalue weighted by atomic mass is 10.2. The van der Waals surface area contributed by atoms with Gasteiger partial charge in [0.2, 0.25) is 10.0 Å².